The predicted molar refractivity (Wildman–Crippen MR) is 85.5 cm³/mol. The topological polar surface area (TPSA) is 98.4 Å². The number of rotatable bonds is 5. The number of nitrogen functional groups attached to an aromatic ring is 1. The zero-order chi connectivity index (χ0) is 15.5. The molecule has 21 heavy (non-hydrogen) atoms. The Kier molecular flexibility index (Phi) is 5.15. The smallest absolute Gasteiger partial charge is 0.242 e. The van der Waals surface area contributed by atoms with Gasteiger partial charge in [-0.3, -0.25) is 0 Å². The first kappa shape index (κ1) is 16.2. The lowest BCUT2D eigenvalue weighted by molar-refractivity contribution is 0.328. The summed E-state index contributed by atoms with van der Waals surface area (Å²) in [5, 5.41) is -0.604. The Morgan fingerprint density at radius 1 is 1.48 bits per heavy atom. The lowest BCUT2D eigenvalue weighted by Gasteiger charge is -2.36. The first-order valence-electron chi connectivity index (χ1n) is 6.80. The highest BCUT2D eigenvalue weighted by Crippen LogP contribution is 2.33. The third-order valence-electron chi connectivity index (χ3n) is 3.28. The first-order valence-corrected chi connectivity index (χ1v) is 9.67. The number of thioether (sulfide) groups is 1. The van der Waals surface area contributed by atoms with E-state index in [2.05, 4.69) is 9.97 Å². The molecular weight excluding hydrogens is 312 g/mol. The van der Waals surface area contributed by atoms with Gasteiger partial charge in [0.1, 0.15) is 17.4 Å². The first-order chi connectivity index (χ1) is 10.0. The number of aromatic nitrogens is 2. The summed E-state index contributed by atoms with van der Waals surface area (Å²) in [6, 6.07) is 0. The molecule has 2 rings (SSSR count). The summed E-state index contributed by atoms with van der Waals surface area (Å²) < 4.78 is 29.9. The number of ether oxygens (including phenoxy) is 1. The van der Waals surface area contributed by atoms with Crippen molar-refractivity contribution in [3.63, 3.8) is 0 Å². The van der Waals surface area contributed by atoms with E-state index in [0.29, 0.717) is 36.3 Å². The number of hydrogen-bond donors (Lipinski definition) is 1. The lowest BCUT2D eigenvalue weighted by atomic mass is 10.4. The molecule has 0 aromatic carbocycles. The Bertz CT molecular complexity index is 594. The second-order valence-electron chi connectivity index (χ2n) is 4.52. The van der Waals surface area contributed by atoms with Crippen molar-refractivity contribution in [2.75, 3.05) is 41.0 Å². The molecule has 2 heterocycles. The van der Waals surface area contributed by atoms with E-state index in [-0.39, 0.29) is 5.75 Å². The summed E-state index contributed by atoms with van der Waals surface area (Å²) in [6.45, 7) is 4.51. The van der Waals surface area contributed by atoms with Crippen molar-refractivity contribution in [3.05, 3.63) is 6.33 Å². The SMILES string of the molecule is CCOc1ncnc(N2CCSCC2S(=O)(=O)CC)c1N. The molecule has 1 atom stereocenters. The van der Waals surface area contributed by atoms with Crippen LogP contribution in [0.4, 0.5) is 11.5 Å². The van der Waals surface area contributed by atoms with Gasteiger partial charge in [-0.2, -0.15) is 16.7 Å². The van der Waals surface area contributed by atoms with Crippen LogP contribution in [0.5, 0.6) is 5.88 Å². The maximum atomic E-state index is 12.3. The van der Waals surface area contributed by atoms with E-state index in [4.69, 9.17) is 10.5 Å². The van der Waals surface area contributed by atoms with Gasteiger partial charge in [-0.1, -0.05) is 6.92 Å². The van der Waals surface area contributed by atoms with Gasteiger partial charge in [-0.15, -0.1) is 0 Å². The molecule has 1 aliphatic rings. The Morgan fingerprint density at radius 2 is 2.24 bits per heavy atom. The summed E-state index contributed by atoms with van der Waals surface area (Å²) in [5.41, 5.74) is 6.35. The third kappa shape index (κ3) is 3.34. The molecule has 1 aromatic heterocycles. The van der Waals surface area contributed by atoms with E-state index in [9.17, 15) is 8.42 Å². The van der Waals surface area contributed by atoms with Crippen molar-refractivity contribution < 1.29 is 13.2 Å². The normalized spacial score (nSPS) is 19.5. The molecule has 118 valence electrons. The van der Waals surface area contributed by atoms with Gasteiger partial charge < -0.3 is 15.4 Å². The van der Waals surface area contributed by atoms with Crippen molar-refractivity contribution in [1.29, 1.82) is 0 Å². The van der Waals surface area contributed by atoms with E-state index >= 15 is 0 Å². The Balaban J connectivity index is 2.40. The molecule has 2 N–H and O–H groups in total. The van der Waals surface area contributed by atoms with Gasteiger partial charge in [0.15, 0.2) is 15.7 Å². The fraction of sp³-hybridized carbons (Fsp3) is 0.667. The molecule has 0 saturated carbocycles. The molecule has 0 spiro atoms. The lowest BCUT2D eigenvalue weighted by Crippen LogP contribution is -2.48. The van der Waals surface area contributed by atoms with Crippen LogP contribution in [-0.2, 0) is 9.84 Å². The highest BCUT2D eigenvalue weighted by molar-refractivity contribution is 8.01. The second kappa shape index (κ2) is 6.69. The van der Waals surface area contributed by atoms with Gasteiger partial charge in [0.25, 0.3) is 0 Å². The molecule has 0 radical (unpaired) electrons. The van der Waals surface area contributed by atoms with Crippen LogP contribution >= 0.6 is 11.8 Å². The number of anilines is 2. The third-order valence-corrected chi connectivity index (χ3v) is 6.57. The van der Waals surface area contributed by atoms with Crippen LogP contribution in [-0.4, -0.2) is 54.2 Å². The minimum absolute atomic E-state index is 0.0953. The second-order valence-corrected chi connectivity index (χ2v) is 8.12. The quantitative estimate of drug-likeness (QED) is 0.844. The molecule has 1 aromatic rings. The average molecular weight is 332 g/mol. The average Bonchev–Trinajstić information content (AvgIpc) is 2.50. The van der Waals surface area contributed by atoms with Crippen LogP contribution in [0.15, 0.2) is 6.33 Å². The maximum absolute atomic E-state index is 12.3. The van der Waals surface area contributed by atoms with E-state index in [0.717, 1.165) is 5.75 Å². The zero-order valence-corrected chi connectivity index (χ0v) is 13.8. The van der Waals surface area contributed by atoms with Crippen molar-refractivity contribution in [2.24, 2.45) is 0 Å². The van der Waals surface area contributed by atoms with Gasteiger partial charge >= 0.3 is 0 Å². The largest absolute Gasteiger partial charge is 0.476 e. The molecule has 7 nitrogen and oxygen atoms in total. The van der Waals surface area contributed by atoms with Crippen molar-refractivity contribution in [2.45, 2.75) is 19.2 Å². The molecule has 1 aliphatic heterocycles. The summed E-state index contributed by atoms with van der Waals surface area (Å²) in [4.78, 5) is 9.93. The molecule has 9 heteroatoms. The number of sulfone groups is 1. The molecule has 0 bridgehead atoms. The molecule has 1 fully saturated rings. The van der Waals surface area contributed by atoms with Gasteiger partial charge in [0.2, 0.25) is 5.88 Å². The van der Waals surface area contributed by atoms with Crippen LogP contribution in [0.25, 0.3) is 0 Å². The van der Waals surface area contributed by atoms with Crippen LogP contribution in [0.2, 0.25) is 0 Å². The minimum atomic E-state index is -3.21. The van der Waals surface area contributed by atoms with E-state index in [1.807, 2.05) is 6.92 Å². The Morgan fingerprint density at radius 3 is 2.90 bits per heavy atom. The summed E-state index contributed by atoms with van der Waals surface area (Å²) in [6.07, 6.45) is 1.36. The number of hydrogen-bond acceptors (Lipinski definition) is 8. The summed E-state index contributed by atoms with van der Waals surface area (Å²) in [5.74, 6) is 2.19. The fourth-order valence-electron chi connectivity index (χ4n) is 2.16. The van der Waals surface area contributed by atoms with E-state index in [1.165, 1.54) is 6.33 Å². The number of nitrogens with two attached hydrogens (primary N) is 1. The molecule has 0 amide bonds. The van der Waals surface area contributed by atoms with E-state index < -0.39 is 15.2 Å². The van der Waals surface area contributed by atoms with Gasteiger partial charge in [0.05, 0.1) is 6.61 Å². The monoisotopic (exact) mass is 332 g/mol. The van der Waals surface area contributed by atoms with E-state index in [1.54, 1.807) is 23.6 Å². The Hall–Kier alpha value is -1.22. The molecule has 1 unspecified atom stereocenters. The van der Waals surface area contributed by atoms with Gasteiger partial charge in [-0.25, -0.2) is 13.4 Å². The van der Waals surface area contributed by atoms with Gasteiger partial charge in [0, 0.05) is 23.8 Å². The highest BCUT2D eigenvalue weighted by atomic mass is 32.2. The summed E-state index contributed by atoms with van der Waals surface area (Å²) >= 11 is 1.63. The molecule has 1 saturated heterocycles. The van der Waals surface area contributed by atoms with Gasteiger partial charge in [-0.05, 0) is 6.92 Å². The number of nitrogens with zero attached hydrogens (tertiary/aromatic N) is 3. The van der Waals surface area contributed by atoms with Crippen LogP contribution in [0.3, 0.4) is 0 Å². The zero-order valence-electron chi connectivity index (χ0n) is 12.2. The minimum Gasteiger partial charge on any atom is -0.476 e. The van der Waals surface area contributed by atoms with Crippen molar-refractivity contribution in [3.8, 4) is 5.88 Å². The van der Waals surface area contributed by atoms with Crippen LogP contribution < -0.4 is 15.4 Å². The Labute approximate surface area is 129 Å². The van der Waals surface area contributed by atoms with Crippen LogP contribution in [0, 0.1) is 0 Å². The summed E-state index contributed by atoms with van der Waals surface area (Å²) in [7, 11) is -3.21. The van der Waals surface area contributed by atoms with Crippen molar-refractivity contribution in [1.82, 2.24) is 9.97 Å². The molecule has 0 aliphatic carbocycles. The maximum Gasteiger partial charge on any atom is 0.242 e. The fourth-order valence-corrected chi connectivity index (χ4v) is 5.13. The van der Waals surface area contributed by atoms with Crippen molar-refractivity contribution >= 4 is 33.1 Å². The van der Waals surface area contributed by atoms with Crippen LogP contribution in [0.1, 0.15) is 13.8 Å². The standard InChI is InChI=1S/C12H20N4O3S2/c1-3-19-12-10(13)11(14-8-15-12)16-5-6-20-7-9(16)21(17,18)4-2/h8-9H,3-7,13H2,1-2H3. The predicted octanol–water partition coefficient (Wildman–Crippen LogP) is 0.771. The molecular formula is C12H20N4O3S2. The highest BCUT2D eigenvalue weighted by Gasteiger charge is 2.35.